The average Bonchev–Trinajstić information content (AvgIpc) is 2.34. The van der Waals surface area contributed by atoms with Crippen LogP contribution in [0.5, 0.6) is 0 Å². The number of nitrogens with one attached hydrogen (secondary N) is 1. The van der Waals surface area contributed by atoms with Crippen molar-refractivity contribution in [2.24, 2.45) is 0 Å². The van der Waals surface area contributed by atoms with Crippen LogP contribution in [0.3, 0.4) is 0 Å². The fraction of sp³-hybridized carbons (Fsp3) is 0.429. The lowest BCUT2D eigenvalue weighted by Gasteiger charge is -2.05. The Morgan fingerprint density at radius 2 is 2.30 bits per heavy atom. The summed E-state index contributed by atoms with van der Waals surface area (Å²) in [6.45, 7) is 2.11. The fourth-order valence-electron chi connectivity index (χ4n) is 0.703. The van der Waals surface area contributed by atoms with Crippen molar-refractivity contribution in [2.75, 3.05) is 7.05 Å². The molecule has 0 unspecified atom stereocenters. The van der Waals surface area contributed by atoms with Crippen LogP contribution < -0.4 is 5.32 Å². The van der Waals surface area contributed by atoms with E-state index in [9.17, 15) is 0 Å². The Labute approximate surface area is 70.0 Å². The van der Waals surface area contributed by atoms with Crippen LogP contribution in [0.15, 0.2) is 12.1 Å². The molecule has 1 nitrogen and oxygen atoms in total. The molecular formula is C7H10ClNS. The molecule has 0 saturated carbocycles. The first-order valence-electron chi connectivity index (χ1n) is 3.16. The van der Waals surface area contributed by atoms with Crippen LogP contribution in [-0.2, 0) is 0 Å². The summed E-state index contributed by atoms with van der Waals surface area (Å²) in [4.78, 5) is 1.28. The zero-order valence-corrected chi connectivity index (χ0v) is 7.59. The normalized spacial score (nSPS) is 13.5. The summed E-state index contributed by atoms with van der Waals surface area (Å²) in [5.41, 5.74) is 0. The Balaban J connectivity index is 2.74. The zero-order valence-electron chi connectivity index (χ0n) is 6.02. The van der Waals surface area contributed by atoms with E-state index in [1.807, 2.05) is 19.2 Å². The predicted molar refractivity (Wildman–Crippen MR) is 46.8 cm³/mol. The molecule has 10 heavy (non-hydrogen) atoms. The van der Waals surface area contributed by atoms with Gasteiger partial charge in [0, 0.05) is 10.9 Å². The smallest absolute Gasteiger partial charge is 0.0931 e. The maximum atomic E-state index is 5.75. The third-order valence-electron chi connectivity index (χ3n) is 1.45. The molecule has 0 amide bonds. The zero-order chi connectivity index (χ0) is 7.56. The van der Waals surface area contributed by atoms with Gasteiger partial charge < -0.3 is 5.32 Å². The number of hydrogen-bond donors (Lipinski definition) is 1. The Hall–Kier alpha value is -0.0500. The minimum atomic E-state index is 0.414. The van der Waals surface area contributed by atoms with E-state index in [-0.39, 0.29) is 0 Å². The second-order valence-corrected chi connectivity index (χ2v) is 3.90. The van der Waals surface area contributed by atoms with Crippen LogP contribution in [0.4, 0.5) is 0 Å². The van der Waals surface area contributed by atoms with Crippen LogP contribution in [0.25, 0.3) is 0 Å². The van der Waals surface area contributed by atoms with Crippen molar-refractivity contribution >= 4 is 22.9 Å². The van der Waals surface area contributed by atoms with Gasteiger partial charge in [0.25, 0.3) is 0 Å². The van der Waals surface area contributed by atoms with Gasteiger partial charge in [-0.15, -0.1) is 11.3 Å². The maximum absolute atomic E-state index is 5.75. The molecule has 1 aromatic rings. The van der Waals surface area contributed by atoms with Gasteiger partial charge in [-0.1, -0.05) is 11.6 Å². The summed E-state index contributed by atoms with van der Waals surface area (Å²) >= 11 is 7.38. The summed E-state index contributed by atoms with van der Waals surface area (Å²) in [7, 11) is 1.94. The minimum absolute atomic E-state index is 0.414. The Kier molecular flexibility index (Phi) is 2.72. The van der Waals surface area contributed by atoms with E-state index in [1.54, 1.807) is 11.3 Å². The highest BCUT2D eigenvalue weighted by atomic mass is 35.5. The van der Waals surface area contributed by atoms with E-state index in [2.05, 4.69) is 12.2 Å². The molecule has 1 atom stereocenters. The predicted octanol–water partition coefficient (Wildman–Crippen LogP) is 2.68. The molecule has 0 bridgehead atoms. The Bertz CT molecular complexity index is 209. The van der Waals surface area contributed by atoms with Gasteiger partial charge in [0.05, 0.1) is 4.34 Å². The second kappa shape index (κ2) is 3.37. The average molecular weight is 176 g/mol. The molecule has 0 aliphatic rings. The van der Waals surface area contributed by atoms with Crippen LogP contribution in [0.1, 0.15) is 17.8 Å². The highest BCUT2D eigenvalue weighted by Gasteiger charge is 2.03. The third-order valence-corrected chi connectivity index (χ3v) is 2.87. The minimum Gasteiger partial charge on any atom is -0.313 e. The van der Waals surface area contributed by atoms with Crippen molar-refractivity contribution < 1.29 is 0 Å². The maximum Gasteiger partial charge on any atom is 0.0931 e. The first-order chi connectivity index (χ1) is 4.74. The number of thiophene rings is 1. The van der Waals surface area contributed by atoms with Gasteiger partial charge in [0.15, 0.2) is 0 Å². The van der Waals surface area contributed by atoms with E-state index in [4.69, 9.17) is 11.6 Å². The van der Waals surface area contributed by atoms with Crippen molar-refractivity contribution in [3.63, 3.8) is 0 Å². The van der Waals surface area contributed by atoms with Gasteiger partial charge in [0.2, 0.25) is 0 Å². The summed E-state index contributed by atoms with van der Waals surface area (Å²) in [6.07, 6.45) is 0. The first kappa shape index (κ1) is 8.05. The highest BCUT2D eigenvalue weighted by Crippen LogP contribution is 2.25. The van der Waals surface area contributed by atoms with Crippen LogP contribution in [0, 0.1) is 0 Å². The quantitative estimate of drug-likeness (QED) is 0.729. The van der Waals surface area contributed by atoms with Gasteiger partial charge >= 0.3 is 0 Å². The fourth-order valence-corrected chi connectivity index (χ4v) is 1.83. The van der Waals surface area contributed by atoms with Crippen molar-refractivity contribution in [2.45, 2.75) is 13.0 Å². The summed E-state index contributed by atoms with van der Waals surface area (Å²) in [6, 6.07) is 4.39. The Morgan fingerprint density at radius 3 is 2.70 bits per heavy atom. The van der Waals surface area contributed by atoms with Crippen molar-refractivity contribution in [1.29, 1.82) is 0 Å². The van der Waals surface area contributed by atoms with Crippen molar-refractivity contribution in [3.8, 4) is 0 Å². The van der Waals surface area contributed by atoms with Gasteiger partial charge in [-0.25, -0.2) is 0 Å². The molecule has 1 N–H and O–H groups in total. The summed E-state index contributed by atoms with van der Waals surface area (Å²) in [5, 5.41) is 3.15. The third kappa shape index (κ3) is 1.72. The molecule has 1 rings (SSSR count). The van der Waals surface area contributed by atoms with E-state index in [1.165, 1.54) is 4.88 Å². The van der Waals surface area contributed by atoms with E-state index < -0.39 is 0 Å². The molecule has 0 aromatic carbocycles. The molecule has 0 aliphatic heterocycles. The SMILES string of the molecule is CN[C@H](C)c1ccc(Cl)s1. The lowest BCUT2D eigenvalue weighted by atomic mass is 10.3. The Morgan fingerprint density at radius 1 is 1.60 bits per heavy atom. The standard InChI is InChI=1S/C7H10ClNS/c1-5(9-2)6-3-4-7(8)10-6/h3-5,9H,1-2H3/t5-/m1/s1. The number of halogens is 1. The van der Waals surface area contributed by atoms with Crippen LogP contribution in [-0.4, -0.2) is 7.05 Å². The summed E-state index contributed by atoms with van der Waals surface area (Å²) in [5.74, 6) is 0. The molecule has 0 radical (unpaired) electrons. The van der Waals surface area contributed by atoms with E-state index in [0.717, 1.165) is 4.34 Å². The van der Waals surface area contributed by atoms with Gasteiger partial charge in [-0.3, -0.25) is 0 Å². The van der Waals surface area contributed by atoms with Crippen LogP contribution >= 0.6 is 22.9 Å². The molecule has 3 heteroatoms. The van der Waals surface area contributed by atoms with Gasteiger partial charge in [0.1, 0.15) is 0 Å². The number of rotatable bonds is 2. The molecule has 1 heterocycles. The largest absolute Gasteiger partial charge is 0.313 e. The second-order valence-electron chi connectivity index (χ2n) is 2.15. The molecular weight excluding hydrogens is 166 g/mol. The highest BCUT2D eigenvalue weighted by molar-refractivity contribution is 7.16. The summed E-state index contributed by atoms with van der Waals surface area (Å²) < 4.78 is 0.858. The lowest BCUT2D eigenvalue weighted by molar-refractivity contribution is 0.664. The topological polar surface area (TPSA) is 12.0 Å². The monoisotopic (exact) mass is 175 g/mol. The molecule has 1 aromatic heterocycles. The molecule has 56 valence electrons. The van der Waals surface area contributed by atoms with E-state index >= 15 is 0 Å². The number of hydrogen-bond acceptors (Lipinski definition) is 2. The molecule has 0 saturated heterocycles. The van der Waals surface area contributed by atoms with Gasteiger partial charge in [-0.2, -0.15) is 0 Å². The molecule has 0 aliphatic carbocycles. The van der Waals surface area contributed by atoms with Crippen molar-refractivity contribution in [3.05, 3.63) is 21.3 Å². The molecule has 0 fully saturated rings. The van der Waals surface area contributed by atoms with Crippen molar-refractivity contribution in [1.82, 2.24) is 5.32 Å². The van der Waals surface area contributed by atoms with E-state index in [0.29, 0.717) is 6.04 Å². The first-order valence-corrected chi connectivity index (χ1v) is 4.36. The molecule has 0 spiro atoms. The lowest BCUT2D eigenvalue weighted by Crippen LogP contribution is -2.10. The van der Waals surface area contributed by atoms with Gasteiger partial charge in [-0.05, 0) is 26.1 Å². The van der Waals surface area contributed by atoms with Crippen LogP contribution in [0.2, 0.25) is 4.34 Å².